The number of hydrogen-bond acceptors (Lipinski definition) is 2. The molecule has 0 radical (unpaired) electrons. The number of alkyl halides is 2. The van der Waals surface area contributed by atoms with Crippen LogP contribution in [0.2, 0.25) is 10.0 Å². The summed E-state index contributed by atoms with van der Waals surface area (Å²) < 4.78 is 29.0. The van der Waals surface area contributed by atoms with Crippen LogP contribution in [-0.2, 0) is 6.42 Å². The summed E-state index contributed by atoms with van der Waals surface area (Å²) in [6, 6.07) is 10.6. The van der Waals surface area contributed by atoms with Gasteiger partial charge in [0.05, 0.1) is 5.56 Å². The van der Waals surface area contributed by atoms with E-state index in [1.807, 2.05) is 0 Å². The zero-order valence-corrected chi connectivity index (χ0v) is 12.2. The van der Waals surface area contributed by atoms with E-state index in [1.165, 1.54) is 18.2 Å². The van der Waals surface area contributed by atoms with Crippen LogP contribution in [0.3, 0.4) is 0 Å². The maximum absolute atomic E-state index is 12.3. The highest BCUT2D eigenvalue weighted by Crippen LogP contribution is 2.25. The number of carbonyl (C=O) groups excluding carboxylic acids is 1. The van der Waals surface area contributed by atoms with Gasteiger partial charge in [-0.1, -0.05) is 35.3 Å². The lowest BCUT2D eigenvalue weighted by Gasteiger charge is -2.10. The SMILES string of the molecule is O=C(Cc1cc(Cl)ccc1Cl)c1ccccc1OC(F)F. The largest absolute Gasteiger partial charge is 0.434 e. The Bertz CT molecular complexity index is 660. The lowest BCUT2D eigenvalue weighted by atomic mass is 10.0. The molecule has 110 valence electrons. The van der Waals surface area contributed by atoms with E-state index in [4.69, 9.17) is 23.2 Å². The van der Waals surface area contributed by atoms with E-state index in [0.29, 0.717) is 15.6 Å². The Hall–Kier alpha value is -1.65. The molecule has 2 aromatic rings. The van der Waals surface area contributed by atoms with Crippen molar-refractivity contribution < 1.29 is 18.3 Å². The summed E-state index contributed by atoms with van der Waals surface area (Å²) in [6.07, 6.45) is -0.0526. The van der Waals surface area contributed by atoms with E-state index >= 15 is 0 Å². The van der Waals surface area contributed by atoms with Crippen LogP contribution < -0.4 is 4.74 Å². The molecule has 0 spiro atoms. The second kappa shape index (κ2) is 6.87. The molecule has 0 aliphatic heterocycles. The normalized spacial score (nSPS) is 10.7. The molecule has 0 unspecified atom stereocenters. The molecule has 21 heavy (non-hydrogen) atoms. The second-order valence-corrected chi connectivity index (χ2v) is 5.05. The lowest BCUT2D eigenvalue weighted by molar-refractivity contribution is -0.0501. The van der Waals surface area contributed by atoms with Crippen LogP contribution in [0.1, 0.15) is 15.9 Å². The number of benzene rings is 2. The van der Waals surface area contributed by atoms with Crippen molar-refractivity contribution in [1.82, 2.24) is 0 Å². The van der Waals surface area contributed by atoms with Gasteiger partial charge in [-0.2, -0.15) is 8.78 Å². The zero-order valence-electron chi connectivity index (χ0n) is 10.7. The van der Waals surface area contributed by atoms with Gasteiger partial charge in [-0.3, -0.25) is 4.79 Å². The summed E-state index contributed by atoms with van der Waals surface area (Å²) in [6.45, 7) is -2.99. The maximum atomic E-state index is 12.3. The molecule has 6 heteroatoms. The standard InChI is InChI=1S/C15H10Cl2F2O2/c16-10-5-6-12(17)9(7-10)8-13(20)11-3-1-2-4-14(11)21-15(18)19/h1-7,15H,8H2. The Balaban J connectivity index is 2.26. The highest BCUT2D eigenvalue weighted by Gasteiger charge is 2.16. The molecule has 2 aromatic carbocycles. The van der Waals surface area contributed by atoms with Crippen LogP contribution in [-0.4, -0.2) is 12.4 Å². The van der Waals surface area contributed by atoms with Gasteiger partial charge in [0.2, 0.25) is 0 Å². The molecule has 2 rings (SSSR count). The summed E-state index contributed by atoms with van der Waals surface area (Å²) in [5, 5.41) is 0.833. The first-order valence-electron chi connectivity index (χ1n) is 5.98. The van der Waals surface area contributed by atoms with Gasteiger partial charge in [-0.05, 0) is 35.9 Å². The Morgan fingerprint density at radius 1 is 1.14 bits per heavy atom. The molecule has 0 heterocycles. The molecule has 0 bridgehead atoms. The van der Waals surface area contributed by atoms with Crippen molar-refractivity contribution in [2.24, 2.45) is 0 Å². The second-order valence-electron chi connectivity index (χ2n) is 4.21. The van der Waals surface area contributed by atoms with Crippen LogP contribution in [0.4, 0.5) is 8.78 Å². The first-order chi connectivity index (χ1) is 9.97. The van der Waals surface area contributed by atoms with Gasteiger partial charge in [-0.25, -0.2) is 0 Å². The molecule has 0 atom stereocenters. The van der Waals surface area contributed by atoms with Crippen LogP contribution in [0.25, 0.3) is 0 Å². The van der Waals surface area contributed by atoms with E-state index in [-0.39, 0.29) is 23.5 Å². The van der Waals surface area contributed by atoms with Crippen molar-refractivity contribution in [3.05, 3.63) is 63.6 Å². The van der Waals surface area contributed by atoms with Gasteiger partial charge in [0, 0.05) is 16.5 Å². The number of Topliss-reactive ketones (excluding diaryl/α,β-unsaturated/α-hetero) is 1. The third-order valence-corrected chi connectivity index (χ3v) is 3.37. The molecule has 0 aliphatic rings. The molecule has 0 aromatic heterocycles. The Kier molecular flexibility index (Phi) is 5.15. The number of carbonyl (C=O) groups is 1. The van der Waals surface area contributed by atoms with Gasteiger partial charge in [0.25, 0.3) is 0 Å². The molecule has 0 aliphatic carbocycles. The van der Waals surface area contributed by atoms with Gasteiger partial charge in [0.15, 0.2) is 5.78 Å². The molecular formula is C15H10Cl2F2O2. The summed E-state index contributed by atoms with van der Waals surface area (Å²) in [7, 11) is 0. The minimum atomic E-state index is -2.99. The van der Waals surface area contributed by atoms with Gasteiger partial charge < -0.3 is 4.74 Å². The topological polar surface area (TPSA) is 26.3 Å². The third kappa shape index (κ3) is 4.16. The van der Waals surface area contributed by atoms with Crippen molar-refractivity contribution in [2.75, 3.05) is 0 Å². The van der Waals surface area contributed by atoms with E-state index in [2.05, 4.69) is 4.74 Å². The Morgan fingerprint density at radius 3 is 2.57 bits per heavy atom. The molecule has 0 saturated carbocycles. The average Bonchev–Trinajstić information content (AvgIpc) is 2.42. The fraction of sp³-hybridized carbons (Fsp3) is 0.133. The zero-order chi connectivity index (χ0) is 15.4. The van der Waals surface area contributed by atoms with E-state index in [9.17, 15) is 13.6 Å². The van der Waals surface area contributed by atoms with Crippen molar-refractivity contribution in [3.63, 3.8) is 0 Å². The highest BCUT2D eigenvalue weighted by atomic mass is 35.5. The molecule has 2 nitrogen and oxygen atoms in total. The first kappa shape index (κ1) is 15.7. The number of halogens is 4. The van der Waals surface area contributed by atoms with Crippen molar-refractivity contribution >= 4 is 29.0 Å². The van der Waals surface area contributed by atoms with Gasteiger partial charge in [-0.15, -0.1) is 0 Å². The smallest absolute Gasteiger partial charge is 0.387 e. The predicted molar refractivity (Wildman–Crippen MR) is 77.6 cm³/mol. The first-order valence-corrected chi connectivity index (χ1v) is 6.74. The van der Waals surface area contributed by atoms with E-state index < -0.39 is 6.61 Å². The van der Waals surface area contributed by atoms with Crippen molar-refractivity contribution in [2.45, 2.75) is 13.0 Å². The summed E-state index contributed by atoms with van der Waals surface area (Å²) in [5.74, 6) is -0.536. The van der Waals surface area contributed by atoms with Crippen LogP contribution in [0.15, 0.2) is 42.5 Å². The molecule has 0 saturated heterocycles. The average molecular weight is 331 g/mol. The van der Waals surface area contributed by atoms with Gasteiger partial charge >= 0.3 is 6.61 Å². The predicted octanol–water partition coefficient (Wildman–Crippen LogP) is 5.02. The van der Waals surface area contributed by atoms with Gasteiger partial charge in [0.1, 0.15) is 5.75 Å². The van der Waals surface area contributed by atoms with Crippen molar-refractivity contribution in [3.8, 4) is 5.75 Å². The van der Waals surface area contributed by atoms with E-state index in [1.54, 1.807) is 24.3 Å². The summed E-state index contributed by atoms with van der Waals surface area (Å²) in [5.41, 5.74) is 0.606. The number of hydrogen-bond donors (Lipinski definition) is 0. The number of para-hydroxylation sites is 1. The number of ketones is 1. The number of rotatable bonds is 5. The molecule has 0 amide bonds. The van der Waals surface area contributed by atoms with Crippen LogP contribution in [0, 0.1) is 0 Å². The molecule has 0 fully saturated rings. The minimum absolute atomic E-state index is 0.0526. The number of ether oxygens (including phenoxy) is 1. The fourth-order valence-electron chi connectivity index (χ4n) is 1.84. The summed E-state index contributed by atoms with van der Waals surface area (Å²) in [4.78, 5) is 12.3. The minimum Gasteiger partial charge on any atom is -0.434 e. The molecular weight excluding hydrogens is 321 g/mol. The van der Waals surface area contributed by atoms with Crippen LogP contribution in [0.5, 0.6) is 5.75 Å². The van der Waals surface area contributed by atoms with Crippen molar-refractivity contribution in [1.29, 1.82) is 0 Å². The fourth-order valence-corrected chi connectivity index (χ4v) is 2.22. The van der Waals surface area contributed by atoms with E-state index in [0.717, 1.165) is 0 Å². The quantitative estimate of drug-likeness (QED) is 0.719. The Morgan fingerprint density at radius 2 is 1.86 bits per heavy atom. The van der Waals surface area contributed by atoms with Crippen LogP contribution >= 0.6 is 23.2 Å². The monoisotopic (exact) mass is 330 g/mol. The Labute approximate surface area is 130 Å². The lowest BCUT2D eigenvalue weighted by Crippen LogP contribution is -2.10. The maximum Gasteiger partial charge on any atom is 0.387 e. The summed E-state index contributed by atoms with van der Waals surface area (Å²) >= 11 is 11.8. The highest BCUT2D eigenvalue weighted by molar-refractivity contribution is 6.33. The third-order valence-electron chi connectivity index (χ3n) is 2.76. The molecule has 0 N–H and O–H groups in total.